The Balaban J connectivity index is 1.32. The Morgan fingerprint density at radius 2 is 1.95 bits per heavy atom. The summed E-state index contributed by atoms with van der Waals surface area (Å²) in [6.45, 7) is 5.30. The van der Waals surface area contributed by atoms with Gasteiger partial charge in [0, 0.05) is 17.7 Å². The van der Waals surface area contributed by atoms with Gasteiger partial charge < -0.3 is 14.2 Å². The zero-order chi connectivity index (χ0) is 26.8. The number of nitrogens with zero attached hydrogens (tertiary/aromatic N) is 5. The highest BCUT2D eigenvalue weighted by Crippen LogP contribution is 2.37. The minimum atomic E-state index is -0.679. The molecular weight excluding hydrogens is 511 g/mol. The van der Waals surface area contributed by atoms with Crippen LogP contribution in [0.2, 0.25) is 0 Å². The van der Waals surface area contributed by atoms with Crippen molar-refractivity contribution in [1.29, 1.82) is 0 Å². The third-order valence-corrected chi connectivity index (χ3v) is 6.50. The summed E-state index contributed by atoms with van der Waals surface area (Å²) in [6, 6.07) is 8.48. The zero-order valence-electron chi connectivity index (χ0n) is 21.0. The number of halogens is 1. The van der Waals surface area contributed by atoms with E-state index in [4.69, 9.17) is 14.2 Å². The van der Waals surface area contributed by atoms with Crippen LogP contribution in [0, 0.1) is 19.7 Å². The van der Waals surface area contributed by atoms with Crippen molar-refractivity contribution < 1.29 is 23.4 Å². The summed E-state index contributed by atoms with van der Waals surface area (Å²) in [4.78, 5) is 25.7. The van der Waals surface area contributed by atoms with Gasteiger partial charge in [0.2, 0.25) is 5.88 Å². The maximum absolute atomic E-state index is 14.9. The first-order valence-electron chi connectivity index (χ1n) is 11.6. The number of benzene rings is 2. The second kappa shape index (κ2) is 10.5. The first-order chi connectivity index (χ1) is 18.3. The fourth-order valence-corrected chi connectivity index (χ4v) is 4.78. The lowest BCUT2D eigenvalue weighted by Crippen LogP contribution is -2.24. The summed E-state index contributed by atoms with van der Waals surface area (Å²) in [6.07, 6.45) is 1.68. The van der Waals surface area contributed by atoms with Crippen LogP contribution in [-0.2, 0) is 4.74 Å². The quantitative estimate of drug-likeness (QED) is 0.289. The van der Waals surface area contributed by atoms with Crippen LogP contribution < -0.4 is 14.8 Å². The fourth-order valence-electron chi connectivity index (χ4n) is 3.78. The molecular formula is C26H23FN6O4S. The molecule has 0 spiro atoms. The maximum atomic E-state index is 14.9. The smallest absolute Gasteiger partial charge is 0.411 e. The van der Waals surface area contributed by atoms with Gasteiger partial charge in [-0.3, -0.25) is 5.32 Å². The van der Waals surface area contributed by atoms with Gasteiger partial charge in [-0.2, -0.15) is 10.2 Å². The molecule has 1 atom stereocenters. The molecule has 0 bridgehead atoms. The number of carbonyl (C=O) groups excluding carboxylic acids is 1. The maximum Gasteiger partial charge on any atom is 0.411 e. The van der Waals surface area contributed by atoms with Crippen LogP contribution in [0.15, 0.2) is 42.7 Å². The highest BCUT2D eigenvalue weighted by atomic mass is 32.1. The second-order valence-corrected chi connectivity index (χ2v) is 9.63. The first-order valence-corrected chi connectivity index (χ1v) is 12.4. The van der Waals surface area contributed by atoms with E-state index in [2.05, 4.69) is 30.5 Å². The van der Waals surface area contributed by atoms with E-state index in [9.17, 15) is 9.18 Å². The molecule has 0 radical (unpaired) electrons. The monoisotopic (exact) mass is 534 g/mol. The molecule has 194 valence electrons. The van der Waals surface area contributed by atoms with Gasteiger partial charge in [0.15, 0.2) is 11.6 Å². The number of carbonyl (C=O) groups is 1. The van der Waals surface area contributed by atoms with E-state index >= 15 is 0 Å². The number of anilines is 1. The van der Waals surface area contributed by atoms with Gasteiger partial charge in [-0.05, 0) is 44.5 Å². The van der Waals surface area contributed by atoms with E-state index in [1.807, 2.05) is 19.1 Å². The number of ether oxygens (including phenoxy) is 3. The fraction of sp³-hybridized carbons (Fsp3) is 0.231. The van der Waals surface area contributed by atoms with Crippen LogP contribution in [0.3, 0.4) is 0 Å². The molecule has 5 rings (SSSR count). The lowest BCUT2D eigenvalue weighted by atomic mass is 10.1. The molecule has 0 saturated heterocycles. The minimum absolute atomic E-state index is 0.0387. The Morgan fingerprint density at radius 3 is 2.74 bits per heavy atom. The third-order valence-electron chi connectivity index (χ3n) is 5.45. The molecule has 0 aliphatic rings. The van der Waals surface area contributed by atoms with Gasteiger partial charge in [0.25, 0.3) is 0 Å². The normalized spacial score (nSPS) is 11.9. The molecule has 0 unspecified atom stereocenters. The lowest BCUT2D eigenvalue weighted by molar-refractivity contribution is 0.0969. The van der Waals surface area contributed by atoms with Gasteiger partial charge in [-0.1, -0.05) is 0 Å². The van der Waals surface area contributed by atoms with Gasteiger partial charge in [-0.25, -0.2) is 24.1 Å². The number of methoxy groups -OCH3 is 1. The average Bonchev–Trinajstić information content (AvgIpc) is 3.29. The largest absolute Gasteiger partial charge is 0.484 e. The third kappa shape index (κ3) is 5.44. The predicted octanol–water partition coefficient (Wildman–Crippen LogP) is 5.48. The van der Waals surface area contributed by atoms with Crippen molar-refractivity contribution in [1.82, 2.24) is 25.1 Å². The van der Waals surface area contributed by atoms with E-state index in [1.54, 1.807) is 32.2 Å². The Kier molecular flexibility index (Phi) is 6.97. The summed E-state index contributed by atoms with van der Waals surface area (Å²) in [7, 11) is 1.54. The number of thiazole rings is 1. The van der Waals surface area contributed by atoms with Crippen molar-refractivity contribution in [3.8, 4) is 22.2 Å². The summed E-state index contributed by atoms with van der Waals surface area (Å²) in [5, 5.41) is 10.8. The molecule has 2 aromatic carbocycles. The van der Waals surface area contributed by atoms with E-state index in [0.717, 1.165) is 15.8 Å². The van der Waals surface area contributed by atoms with Gasteiger partial charge in [0.1, 0.15) is 17.7 Å². The van der Waals surface area contributed by atoms with Gasteiger partial charge >= 0.3 is 6.09 Å². The predicted molar refractivity (Wildman–Crippen MR) is 141 cm³/mol. The molecule has 12 heteroatoms. The number of nitrogens with one attached hydrogen (secondary N) is 1. The molecule has 3 heterocycles. The number of aromatic nitrogens is 5. The van der Waals surface area contributed by atoms with Crippen LogP contribution in [-0.4, -0.2) is 51.1 Å². The number of fused-ring (bicyclic) bond motifs is 2. The van der Waals surface area contributed by atoms with Crippen molar-refractivity contribution >= 4 is 44.4 Å². The molecule has 0 aliphatic heterocycles. The van der Waals surface area contributed by atoms with E-state index < -0.39 is 18.0 Å². The summed E-state index contributed by atoms with van der Waals surface area (Å²) < 4.78 is 31.8. The Hall–Kier alpha value is -4.45. The molecule has 0 aliphatic carbocycles. The number of aryl methyl sites for hydroxylation is 2. The number of hydrogen-bond acceptors (Lipinski definition) is 10. The van der Waals surface area contributed by atoms with Crippen LogP contribution in [0.1, 0.15) is 18.2 Å². The Morgan fingerprint density at radius 1 is 1.11 bits per heavy atom. The van der Waals surface area contributed by atoms with Gasteiger partial charge in [-0.15, -0.1) is 11.3 Å². The topological polar surface area (TPSA) is 121 Å². The Bertz CT molecular complexity index is 1660. The molecule has 0 fully saturated rings. The Labute approximate surface area is 220 Å². The number of amides is 1. The van der Waals surface area contributed by atoms with E-state index in [1.165, 1.54) is 30.7 Å². The van der Waals surface area contributed by atoms with Crippen molar-refractivity contribution in [2.75, 3.05) is 19.0 Å². The van der Waals surface area contributed by atoms with Gasteiger partial charge in [0.05, 0.1) is 52.1 Å². The SMILES string of the molecule is COc1cnc2c(-c3nc4cc(F)c(O[C@@H](C)COC(=O)Nc5cnnc(C)c5)cc4s3)cc(C)cc2n1. The van der Waals surface area contributed by atoms with Crippen LogP contribution in [0.25, 0.3) is 31.8 Å². The summed E-state index contributed by atoms with van der Waals surface area (Å²) in [5.41, 5.74) is 4.75. The highest BCUT2D eigenvalue weighted by molar-refractivity contribution is 7.21. The molecule has 10 nitrogen and oxygen atoms in total. The molecule has 0 saturated carbocycles. The second-order valence-electron chi connectivity index (χ2n) is 8.60. The van der Waals surface area contributed by atoms with Crippen LogP contribution in [0.5, 0.6) is 11.6 Å². The molecule has 1 amide bonds. The zero-order valence-corrected chi connectivity index (χ0v) is 21.8. The minimum Gasteiger partial charge on any atom is -0.484 e. The van der Waals surface area contributed by atoms with E-state index in [0.29, 0.717) is 38.8 Å². The number of hydrogen-bond donors (Lipinski definition) is 1. The van der Waals surface area contributed by atoms with Crippen LogP contribution in [0.4, 0.5) is 14.9 Å². The van der Waals surface area contributed by atoms with Crippen molar-refractivity contribution in [3.63, 3.8) is 0 Å². The lowest BCUT2D eigenvalue weighted by Gasteiger charge is -2.15. The average molecular weight is 535 g/mol. The number of rotatable bonds is 7. The standard InChI is InChI=1S/C26H23FN6O4S/c1-13-5-17(24-20(6-13)31-23(35-4)11-28-24)25-32-19-8-18(27)21(9-22(19)38-25)37-15(3)12-36-26(34)30-16-7-14(2)33-29-10-16/h5-11,15H,12H2,1-4H3,(H,30,33,34)/t15-/m0/s1. The van der Waals surface area contributed by atoms with E-state index in [-0.39, 0.29) is 12.4 Å². The molecule has 38 heavy (non-hydrogen) atoms. The first kappa shape index (κ1) is 25.2. The van der Waals surface area contributed by atoms with Crippen molar-refractivity contribution in [2.45, 2.75) is 26.9 Å². The molecule has 3 aromatic heterocycles. The summed E-state index contributed by atoms with van der Waals surface area (Å²) >= 11 is 1.39. The molecule has 5 aromatic rings. The summed E-state index contributed by atoms with van der Waals surface area (Å²) in [5.74, 6) is -0.110. The van der Waals surface area contributed by atoms with Crippen molar-refractivity contribution in [3.05, 3.63) is 59.8 Å². The van der Waals surface area contributed by atoms with Crippen molar-refractivity contribution in [2.24, 2.45) is 0 Å². The molecule has 1 N–H and O–H groups in total. The van der Waals surface area contributed by atoms with Crippen LogP contribution >= 0.6 is 11.3 Å². The highest BCUT2D eigenvalue weighted by Gasteiger charge is 2.17.